The maximum atomic E-state index is 13.1. The van der Waals surface area contributed by atoms with Crippen LogP contribution >= 0.6 is 11.8 Å². The van der Waals surface area contributed by atoms with Gasteiger partial charge in [-0.25, -0.2) is 4.99 Å². The third-order valence-electron chi connectivity index (χ3n) is 7.24. The largest absolute Gasteiger partial charge is 0.497 e. The van der Waals surface area contributed by atoms with Crippen LogP contribution in [0.4, 0.5) is 11.4 Å². The zero-order valence-corrected chi connectivity index (χ0v) is 23.5. The molecule has 3 aliphatic rings. The minimum Gasteiger partial charge on any atom is -0.497 e. The van der Waals surface area contributed by atoms with Gasteiger partial charge in [0.15, 0.2) is 5.17 Å². The van der Waals surface area contributed by atoms with Crippen LogP contribution in [0, 0.1) is 0 Å². The van der Waals surface area contributed by atoms with Gasteiger partial charge in [0.25, 0.3) is 5.91 Å². The Labute approximate surface area is 237 Å². The number of hydrogen-bond acceptors (Lipinski definition) is 8. The minimum absolute atomic E-state index is 0.0359. The van der Waals surface area contributed by atoms with E-state index in [9.17, 15) is 14.4 Å². The molecule has 0 spiro atoms. The minimum atomic E-state index is -0.659. The number of amidine groups is 2. The normalized spacial score (nSPS) is 18.3. The number of thioether (sulfide) groups is 1. The van der Waals surface area contributed by atoms with E-state index in [1.807, 2.05) is 24.3 Å². The molecule has 2 N–H and O–H groups in total. The van der Waals surface area contributed by atoms with Gasteiger partial charge in [0, 0.05) is 24.1 Å². The van der Waals surface area contributed by atoms with Crippen LogP contribution in [0.1, 0.15) is 50.5 Å². The number of rotatable bonds is 9. The summed E-state index contributed by atoms with van der Waals surface area (Å²) in [4.78, 5) is 49.7. The molecule has 1 unspecified atom stereocenters. The summed E-state index contributed by atoms with van der Waals surface area (Å²) in [5, 5.41) is 6.48. The highest BCUT2D eigenvalue weighted by Gasteiger charge is 2.42. The Morgan fingerprint density at radius 2 is 1.82 bits per heavy atom. The third kappa shape index (κ3) is 6.14. The van der Waals surface area contributed by atoms with Crippen LogP contribution in [0.2, 0.25) is 0 Å². The quantitative estimate of drug-likeness (QED) is 0.467. The fourth-order valence-corrected chi connectivity index (χ4v) is 6.07. The number of carbonyl (C=O) groups excluding carboxylic acids is 3. The van der Waals surface area contributed by atoms with Crippen molar-refractivity contribution in [2.24, 2.45) is 9.98 Å². The molecule has 0 bridgehead atoms. The summed E-state index contributed by atoms with van der Waals surface area (Å²) >= 11 is 1.21. The topological polar surface area (TPSA) is 122 Å². The molecule has 2 aromatic carbocycles. The molecule has 40 heavy (non-hydrogen) atoms. The van der Waals surface area contributed by atoms with Gasteiger partial charge in [0.05, 0.1) is 31.3 Å². The number of aliphatic imine (C=N–C) groups is 2. The van der Waals surface area contributed by atoms with Crippen molar-refractivity contribution in [3.05, 3.63) is 48.0 Å². The number of carbonyl (C=O) groups is 3. The number of amides is 3. The number of fused-ring (bicyclic) bond motifs is 3. The van der Waals surface area contributed by atoms with Crippen molar-refractivity contribution in [2.75, 3.05) is 25.3 Å². The SMILES string of the molecule is COc1ccc(OC)c(NC(=O)CSC2=Nc3ccccc3C3=NC(=O)C(CCC(=O)NC4CCCCC4)N23)c1. The lowest BCUT2D eigenvalue weighted by molar-refractivity contribution is -0.123. The van der Waals surface area contributed by atoms with Crippen molar-refractivity contribution in [3.63, 3.8) is 0 Å². The number of methoxy groups -OCH3 is 2. The molecule has 0 saturated heterocycles. The average Bonchev–Trinajstić information content (AvgIpc) is 3.31. The van der Waals surface area contributed by atoms with Crippen molar-refractivity contribution < 1.29 is 23.9 Å². The number of para-hydroxylation sites is 1. The lowest BCUT2D eigenvalue weighted by Gasteiger charge is -2.31. The fraction of sp³-hybridized carbons (Fsp3) is 0.414. The Balaban J connectivity index is 1.29. The summed E-state index contributed by atoms with van der Waals surface area (Å²) in [5.74, 6) is 1.00. The Kier molecular flexibility index (Phi) is 8.69. The van der Waals surface area contributed by atoms with Crippen LogP contribution in [0.15, 0.2) is 52.4 Å². The first-order valence-electron chi connectivity index (χ1n) is 13.5. The number of nitrogens with zero attached hydrogens (tertiary/aromatic N) is 3. The number of benzene rings is 2. The van der Waals surface area contributed by atoms with Crippen molar-refractivity contribution in [1.82, 2.24) is 10.2 Å². The first-order valence-corrected chi connectivity index (χ1v) is 14.5. The molecule has 0 aromatic heterocycles. The van der Waals surface area contributed by atoms with Crippen LogP contribution in [0.5, 0.6) is 11.5 Å². The highest BCUT2D eigenvalue weighted by atomic mass is 32.2. The summed E-state index contributed by atoms with van der Waals surface area (Å²) in [6.07, 6.45) is 5.99. The van der Waals surface area contributed by atoms with Gasteiger partial charge >= 0.3 is 0 Å². The second-order valence-electron chi connectivity index (χ2n) is 9.92. The van der Waals surface area contributed by atoms with Crippen molar-refractivity contribution in [2.45, 2.75) is 57.0 Å². The van der Waals surface area contributed by atoms with Crippen LogP contribution < -0.4 is 20.1 Å². The van der Waals surface area contributed by atoms with Gasteiger partial charge in [-0.1, -0.05) is 43.2 Å². The first-order chi connectivity index (χ1) is 19.5. The zero-order chi connectivity index (χ0) is 28.1. The van der Waals surface area contributed by atoms with Crippen molar-refractivity contribution in [3.8, 4) is 11.5 Å². The summed E-state index contributed by atoms with van der Waals surface area (Å²) in [6.45, 7) is 0. The zero-order valence-electron chi connectivity index (χ0n) is 22.6. The van der Waals surface area contributed by atoms with E-state index in [1.54, 1.807) is 30.2 Å². The summed E-state index contributed by atoms with van der Waals surface area (Å²) in [6, 6.07) is 12.2. The predicted octanol–water partition coefficient (Wildman–Crippen LogP) is 4.26. The molecule has 1 fully saturated rings. The molecule has 5 rings (SSSR count). The molecule has 1 atom stereocenters. The Morgan fingerprint density at radius 3 is 2.60 bits per heavy atom. The highest BCUT2D eigenvalue weighted by Crippen LogP contribution is 2.35. The molecule has 10 nitrogen and oxygen atoms in total. The maximum absolute atomic E-state index is 13.1. The average molecular weight is 564 g/mol. The van der Waals surface area contributed by atoms with E-state index in [0.717, 1.165) is 31.2 Å². The van der Waals surface area contributed by atoms with Crippen LogP contribution in [0.25, 0.3) is 0 Å². The van der Waals surface area contributed by atoms with E-state index in [-0.39, 0.29) is 35.9 Å². The first kappa shape index (κ1) is 27.7. The Bertz CT molecular complexity index is 1350. The molecule has 2 aromatic rings. The standard InChI is InChI=1S/C29H33N5O5S/c1-38-19-12-14-24(39-2)22(16-19)31-26(36)17-40-29-32-21-11-7-6-10-20(21)27-33-28(37)23(34(27)29)13-15-25(35)30-18-8-4-3-5-9-18/h6-7,10-12,14,16,18,23H,3-5,8-9,13,15,17H2,1-2H3,(H,30,35)(H,31,36). The smallest absolute Gasteiger partial charge is 0.270 e. The van der Waals surface area contributed by atoms with Gasteiger partial charge in [-0.3, -0.25) is 19.3 Å². The molecular formula is C29H33N5O5S. The summed E-state index contributed by atoms with van der Waals surface area (Å²) in [5.41, 5.74) is 1.92. The summed E-state index contributed by atoms with van der Waals surface area (Å²) in [7, 11) is 3.08. The lowest BCUT2D eigenvalue weighted by atomic mass is 9.95. The number of nitrogens with one attached hydrogen (secondary N) is 2. The van der Waals surface area contributed by atoms with Gasteiger partial charge in [0.2, 0.25) is 11.8 Å². The van der Waals surface area contributed by atoms with Crippen LogP contribution in [-0.4, -0.2) is 65.7 Å². The van der Waals surface area contributed by atoms with E-state index in [0.29, 0.717) is 40.3 Å². The molecule has 1 saturated carbocycles. The number of ether oxygens (including phenoxy) is 2. The molecule has 11 heteroatoms. The number of anilines is 1. The summed E-state index contributed by atoms with van der Waals surface area (Å²) < 4.78 is 10.6. The predicted molar refractivity (Wildman–Crippen MR) is 156 cm³/mol. The van der Waals surface area contributed by atoms with Crippen LogP contribution in [-0.2, 0) is 14.4 Å². The Hall–Kier alpha value is -3.86. The van der Waals surface area contributed by atoms with E-state index in [2.05, 4.69) is 15.6 Å². The monoisotopic (exact) mass is 563 g/mol. The second-order valence-corrected chi connectivity index (χ2v) is 10.9. The lowest BCUT2D eigenvalue weighted by Crippen LogP contribution is -2.44. The van der Waals surface area contributed by atoms with Gasteiger partial charge in [-0.15, -0.1) is 0 Å². The molecule has 0 radical (unpaired) electrons. The van der Waals surface area contributed by atoms with E-state index >= 15 is 0 Å². The molecule has 3 amide bonds. The molecule has 2 heterocycles. The van der Waals surface area contributed by atoms with Gasteiger partial charge in [-0.05, 0) is 43.5 Å². The fourth-order valence-electron chi connectivity index (χ4n) is 5.22. The van der Waals surface area contributed by atoms with Gasteiger partial charge in [0.1, 0.15) is 23.4 Å². The van der Waals surface area contributed by atoms with Crippen molar-refractivity contribution >= 4 is 51.9 Å². The maximum Gasteiger partial charge on any atom is 0.270 e. The van der Waals surface area contributed by atoms with Crippen molar-refractivity contribution in [1.29, 1.82) is 0 Å². The molecule has 1 aliphatic carbocycles. The number of hydrogen-bond donors (Lipinski definition) is 2. The highest BCUT2D eigenvalue weighted by molar-refractivity contribution is 8.14. The van der Waals surface area contributed by atoms with E-state index < -0.39 is 6.04 Å². The van der Waals surface area contributed by atoms with E-state index in [4.69, 9.17) is 14.5 Å². The molecule has 2 aliphatic heterocycles. The molecule has 210 valence electrons. The van der Waals surface area contributed by atoms with Crippen LogP contribution in [0.3, 0.4) is 0 Å². The Morgan fingerprint density at radius 1 is 1.02 bits per heavy atom. The van der Waals surface area contributed by atoms with Gasteiger partial charge in [-0.2, -0.15) is 4.99 Å². The second kappa shape index (κ2) is 12.5. The molecular weight excluding hydrogens is 530 g/mol. The van der Waals surface area contributed by atoms with E-state index in [1.165, 1.54) is 25.3 Å². The third-order valence-corrected chi connectivity index (χ3v) is 8.19. The van der Waals surface area contributed by atoms with Gasteiger partial charge < -0.3 is 20.1 Å².